The van der Waals surface area contributed by atoms with Gasteiger partial charge in [0.25, 0.3) is 0 Å². The third-order valence-corrected chi connectivity index (χ3v) is 5.60. The summed E-state index contributed by atoms with van der Waals surface area (Å²) in [6.07, 6.45) is 0. The summed E-state index contributed by atoms with van der Waals surface area (Å²) < 4.78 is 0. The zero-order chi connectivity index (χ0) is 18.2. The molecule has 3 rings (SSSR count). The van der Waals surface area contributed by atoms with Gasteiger partial charge in [0, 0.05) is 4.90 Å². The van der Waals surface area contributed by atoms with Crippen LogP contribution in [0.15, 0.2) is 47.4 Å². The zero-order valence-electron chi connectivity index (χ0n) is 14.9. The fraction of sp³-hybridized carbons (Fsp3) is 0.300. The molecule has 2 amide bonds. The Morgan fingerprint density at radius 2 is 1.88 bits per heavy atom. The van der Waals surface area contributed by atoms with Gasteiger partial charge in [-0.1, -0.05) is 29.8 Å². The van der Waals surface area contributed by atoms with Gasteiger partial charge in [0.05, 0.1) is 17.1 Å². The summed E-state index contributed by atoms with van der Waals surface area (Å²) in [5.74, 6) is 0.0444. The first kappa shape index (κ1) is 17.5. The van der Waals surface area contributed by atoms with E-state index in [0.717, 1.165) is 16.1 Å². The van der Waals surface area contributed by atoms with Gasteiger partial charge < -0.3 is 5.32 Å². The Balaban J connectivity index is 1.86. The number of hydrogen-bond acceptors (Lipinski definition) is 3. The van der Waals surface area contributed by atoms with Gasteiger partial charge in [-0.2, -0.15) is 0 Å². The molecule has 0 radical (unpaired) electrons. The van der Waals surface area contributed by atoms with Crippen molar-refractivity contribution in [1.29, 1.82) is 0 Å². The minimum atomic E-state index is -0.922. The lowest BCUT2D eigenvalue weighted by atomic mass is 9.96. The molecule has 0 spiro atoms. The topological polar surface area (TPSA) is 49.4 Å². The number of hydrogen-bond donors (Lipinski definition) is 1. The normalized spacial score (nSPS) is 15.5. The molecule has 1 N–H and O–H groups in total. The lowest BCUT2D eigenvalue weighted by Gasteiger charge is -2.42. The Kier molecular flexibility index (Phi) is 4.60. The average Bonchev–Trinajstić information content (AvgIpc) is 2.54. The summed E-state index contributed by atoms with van der Waals surface area (Å²) >= 11 is 1.51. The maximum atomic E-state index is 13.0. The molecule has 130 valence electrons. The molecular weight excluding hydrogens is 332 g/mol. The highest BCUT2D eigenvalue weighted by Crippen LogP contribution is 2.37. The average molecular weight is 354 g/mol. The second kappa shape index (κ2) is 6.56. The van der Waals surface area contributed by atoms with Crippen LogP contribution < -0.4 is 10.2 Å². The fourth-order valence-electron chi connectivity index (χ4n) is 3.06. The molecule has 0 fully saturated rings. The first-order valence-corrected chi connectivity index (χ1v) is 9.23. The Morgan fingerprint density at radius 1 is 1.16 bits per heavy atom. The number of amides is 2. The molecule has 0 unspecified atom stereocenters. The maximum absolute atomic E-state index is 13.0. The number of aryl methyl sites for hydroxylation is 2. The Labute approximate surface area is 152 Å². The smallest absolute Gasteiger partial charge is 0.250 e. The van der Waals surface area contributed by atoms with E-state index >= 15 is 0 Å². The van der Waals surface area contributed by atoms with Crippen LogP contribution >= 0.6 is 11.8 Å². The molecule has 5 heteroatoms. The number of nitrogens with one attached hydrogen (secondary N) is 1. The maximum Gasteiger partial charge on any atom is 0.250 e. The van der Waals surface area contributed by atoms with Crippen molar-refractivity contribution in [2.24, 2.45) is 0 Å². The third-order valence-electron chi connectivity index (χ3n) is 4.44. The van der Waals surface area contributed by atoms with Gasteiger partial charge in [0.1, 0.15) is 5.54 Å². The van der Waals surface area contributed by atoms with Gasteiger partial charge in [-0.3, -0.25) is 14.5 Å². The summed E-state index contributed by atoms with van der Waals surface area (Å²) in [4.78, 5) is 28.2. The predicted molar refractivity (Wildman–Crippen MR) is 103 cm³/mol. The van der Waals surface area contributed by atoms with Crippen LogP contribution in [0.3, 0.4) is 0 Å². The van der Waals surface area contributed by atoms with Crippen LogP contribution in [0.5, 0.6) is 0 Å². The van der Waals surface area contributed by atoms with Crippen molar-refractivity contribution < 1.29 is 9.59 Å². The van der Waals surface area contributed by atoms with Crippen molar-refractivity contribution in [3.05, 3.63) is 53.6 Å². The monoisotopic (exact) mass is 354 g/mol. The lowest BCUT2D eigenvalue weighted by Crippen LogP contribution is -2.58. The first-order chi connectivity index (χ1) is 11.8. The van der Waals surface area contributed by atoms with E-state index in [9.17, 15) is 9.59 Å². The number of nitrogens with zero attached hydrogens (tertiary/aromatic N) is 1. The highest BCUT2D eigenvalue weighted by Gasteiger charge is 2.43. The molecule has 0 saturated heterocycles. The number of rotatable bonds is 3. The quantitative estimate of drug-likeness (QED) is 0.842. The van der Waals surface area contributed by atoms with Crippen LogP contribution in [0.25, 0.3) is 0 Å². The van der Waals surface area contributed by atoms with Crippen molar-refractivity contribution in [3.63, 3.8) is 0 Å². The van der Waals surface area contributed by atoms with Gasteiger partial charge in [-0.05, 0) is 51.5 Å². The van der Waals surface area contributed by atoms with Gasteiger partial charge in [-0.25, -0.2) is 0 Å². The lowest BCUT2D eigenvalue weighted by molar-refractivity contribution is -0.125. The minimum Gasteiger partial charge on any atom is -0.322 e. The van der Waals surface area contributed by atoms with E-state index in [0.29, 0.717) is 5.69 Å². The van der Waals surface area contributed by atoms with E-state index in [1.165, 1.54) is 17.3 Å². The highest BCUT2D eigenvalue weighted by atomic mass is 32.2. The second-order valence-corrected chi connectivity index (χ2v) is 7.83. The fourth-order valence-corrected chi connectivity index (χ4v) is 3.92. The Bertz CT molecular complexity index is 845. The SMILES string of the molecule is Cc1ccc(SCC(=O)N2c3ccccc3NC(=O)C2(C)C)c(C)c1. The third kappa shape index (κ3) is 3.29. The van der Waals surface area contributed by atoms with E-state index in [1.54, 1.807) is 18.7 Å². The van der Waals surface area contributed by atoms with Gasteiger partial charge in [-0.15, -0.1) is 11.8 Å². The van der Waals surface area contributed by atoms with E-state index in [2.05, 4.69) is 18.3 Å². The van der Waals surface area contributed by atoms with Gasteiger partial charge in [0.2, 0.25) is 11.8 Å². The number of carbonyl (C=O) groups excluding carboxylic acids is 2. The largest absolute Gasteiger partial charge is 0.322 e. The number of thioether (sulfide) groups is 1. The van der Waals surface area contributed by atoms with Gasteiger partial charge >= 0.3 is 0 Å². The molecule has 25 heavy (non-hydrogen) atoms. The van der Waals surface area contributed by atoms with Crippen molar-refractivity contribution in [3.8, 4) is 0 Å². The molecule has 1 aliphatic rings. The van der Waals surface area contributed by atoms with Crippen molar-refractivity contribution in [2.45, 2.75) is 38.1 Å². The number of fused-ring (bicyclic) bond motifs is 1. The molecule has 4 nitrogen and oxygen atoms in total. The zero-order valence-corrected chi connectivity index (χ0v) is 15.7. The molecule has 0 saturated carbocycles. The van der Waals surface area contributed by atoms with Crippen LogP contribution in [-0.4, -0.2) is 23.1 Å². The molecule has 0 atom stereocenters. The Morgan fingerprint density at radius 3 is 2.60 bits per heavy atom. The highest BCUT2D eigenvalue weighted by molar-refractivity contribution is 8.00. The van der Waals surface area contributed by atoms with Crippen LogP contribution in [0, 0.1) is 13.8 Å². The molecule has 1 heterocycles. The van der Waals surface area contributed by atoms with Crippen molar-refractivity contribution in [2.75, 3.05) is 16.0 Å². The molecule has 2 aromatic rings. The summed E-state index contributed by atoms with van der Waals surface area (Å²) in [6, 6.07) is 13.6. The summed E-state index contributed by atoms with van der Waals surface area (Å²) in [5.41, 5.74) is 2.87. The van der Waals surface area contributed by atoms with E-state index < -0.39 is 5.54 Å². The molecule has 1 aliphatic heterocycles. The molecular formula is C20H22N2O2S. The number of anilines is 2. The summed E-state index contributed by atoms with van der Waals surface area (Å²) in [7, 11) is 0. The Hall–Kier alpha value is -2.27. The standard InChI is InChI=1S/C20H22N2O2S/c1-13-9-10-17(14(2)11-13)25-12-18(23)22-16-8-6-5-7-15(16)21-19(24)20(22,3)4/h5-11H,12H2,1-4H3,(H,21,24). The molecule has 0 bridgehead atoms. The minimum absolute atomic E-state index is 0.0720. The molecule has 2 aromatic carbocycles. The number of para-hydroxylation sites is 2. The van der Waals surface area contributed by atoms with E-state index in [-0.39, 0.29) is 17.6 Å². The predicted octanol–water partition coefficient (Wildman–Crippen LogP) is 4.16. The van der Waals surface area contributed by atoms with Crippen LogP contribution in [-0.2, 0) is 9.59 Å². The molecule has 0 aromatic heterocycles. The van der Waals surface area contributed by atoms with E-state index in [4.69, 9.17) is 0 Å². The number of carbonyl (C=O) groups is 2. The molecule has 0 aliphatic carbocycles. The van der Waals surface area contributed by atoms with Crippen LogP contribution in [0.2, 0.25) is 0 Å². The van der Waals surface area contributed by atoms with Crippen molar-refractivity contribution in [1.82, 2.24) is 0 Å². The number of benzene rings is 2. The van der Waals surface area contributed by atoms with Crippen molar-refractivity contribution >= 4 is 35.0 Å². The first-order valence-electron chi connectivity index (χ1n) is 8.24. The summed E-state index contributed by atoms with van der Waals surface area (Å²) in [6.45, 7) is 7.65. The summed E-state index contributed by atoms with van der Waals surface area (Å²) in [5, 5.41) is 2.88. The second-order valence-electron chi connectivity index (χ2n) is 6.82. The van der Waals surface area contributed by atoms with Crippen LogP contribution in [0.4, 0.5) is 11.4 Å². The van der Waals surface area contributed by atoms with E-state index in [1.807, 2.05) is 43.3 Å². The van der Waals surface area contributed by atoms with Gasteiger partial charge in [0.15, 0.2) is 0 Å². The van der Waals surface area contributed by atoms with Crippen LogP contribution in [0.1, 0.15) is 25.0 Å².